The smallest absolute Gasteiger partial charge is 0.310 e. The lowest BCUT2D eigenvalue weighted by atomic mass is 9.83. The van der Waals surface area contributed by atoms with Crippen molar-refractivity contribution in [2.24, 2.45) is 16.8 Å². The number of hydrogen-bond donors (Lipinski definition) is 12. The van der Waals surface area contributed by atoms with Crippen molar-refractivity contribution < 1.29 is 59.1 Å². The van der Waals surface area contributed by atoms with Gasteiger partial charge in [0.2, 0.25) is 0 Å². The van der Waals surface area contributed by atoms with Crippen molar-refractivity contribution in [3.8, 4) is 23.0 Å². The number of aromatic hydroxyl groups is 4. The van der Waals surface area contributed by atoms with E-state index in [0.717, 1.165) is 56.7 Å². The minimum absolute atomic E-state index is 0. The number of carbonyl (C=O) groups is 4. The number of allylic oxidation sites excluding steroid dienone is 2. The molecule has 7 aromatic carbocycles. The highest BCUT2D eigenvalue weighted by Gasteiger charge is 2.29. The third-order valence-corrected chi connectivity index (χ3v) is 17.7. The number of phenols is 4. The molecule has 25 nitrogen and oxygen atoms in total. The molecule has 0 radical (unpaired) electrons. The number of oxime groups is 1. The number of nitrogens with zero attached hydrogens (tertiary/aromatic N) is 3. The zero-order valence-electron chi connectivity index (χ0n) is 59.3. The van der Waals surface area contributed by atoms with Crippen LogP contribution in [-0.4, -0.2) is 74.7 Å². The van der Waals surface area contributed by atoms with Gasteiger partial charge in [-0.2, -0.15) is 0 Å². The Morgan fingerprint density at radius 2 is 0.860 bits per heavy atom. The topological polar surface area (TPSA) is 418 Å². The number of nitrogens with two attached hydrogens (primary N) is 4. The van der Waals surface area contributed by atoms with Crippen LogP contribution < -0.4 is 44.4 Å². The van der Waals surface area contributed by atoms with Crippen LogP contribution in [0.4, 0.5) is 22.7 Å². The van der Waals surface area contributed by atoms with Crippen molar-refractivity contribution in [2.75, 3.05) is 25.7 Å². The van der Waals surface area contributed by atoms with E-state index in [2.05, 4.69) is 125 Å². The van der Waals surface area contributed by atoms with Crippen molar-refractivity contribution in [3.05, 3.63) is 234 Å². The molecule has 0 spiro atoms. The number of fused-ring (bicyclic) bond motifs is 3. The van der Waals surface area contributed by atoms with Gasteiger partial charge in [-0.1, -0.05) is 29.4 Å². The summed E-state index contributed by atoms with van der Waals surface area (Å²) < 4.78 is 0. The zero-order valence-corrected chi connectivity index (χ0v) is 60.1. The van der Waals surface area contributed by atoms with Crippen LogP contribution in [0.15, 0.2) is 96.3 Å². The van der Waals surface area contributed by atoms with E-state index < -0.39 is 27.0 Å². The molecule has 16 N–H and O–H groups in total. The summed E-state index contributed by atoms with van der Waals surface area (Å²) in [5.74, 6) is 3.64. The quantitative estimate of drug-likeness (QED) is 0.0121. The highest BCUT2D eigenvalue weighted by atomic mass is 35.5. The van der Waals surface area contributed by atoms with Gasteiger partial charge in [0.15, 0.2) is 11.5 Å². The Kier molecular flexibility index (Phi) is 31.7. The minimum atomic E-state index is -0.718. The maximum Gasteiger partial charge on any atom is 0.310 e. The van der Waals surface area contributed by atoms with Gasteiger partial charge in [0.1, 0.15) is 24.9 Å². The number of carbonyl (C=O) groups excluding carboxylic acids is 4. The summed E-state index contributed by atoms with van der Waals surface area (Å²) >= 11 is 0. The molecule has 7 aromatic rings. The molecule has 0 saturated heterocycles. The first-order chi connectivity index (χ1) is 46.7. The number of nitro groups is 2. The molecule has 0 aromatic heterocycles. The van der Waals surface area contributed by atoms with E-state index in [1.54, 1.807) is 36.5 Å². The Morgan fingerprint density at radius 1 is 0.520 bits per heavy atom. The Balaban J connectivity index is 0.000000317. The van der Waals surface area contributed by atoms with Crippen LogP contribution in [0.25, 0.3) is 16.7 Å². The number of hydrogen-bond acceptors (Lipinski definition) is 20. The van der Waals surface area contributed by atoms with Crippen molar-refractivity contribution in [3.63, 3.8) is 0 Å². The van der Waals surface area contributed by atoms with E-state index in [4.69, 9.17) is 27.4 Å². The summed E-state index contributed by atoms with van der Waals surface area (Å²) in [7, 11) is 2.78. The van der Waals surface area contributed by atoms with Gasteiger partial charge in [-0.05, 0) is 257 Å². The third kappa shape index (κ3) is 20.3. The number of anilines is 2. The Labute approximate surface area is 588 Å². The summed E-state index contributed by atoms with van der Waals surface area (Å²) in [5.41, 5.74) is 43.4. The average Bonchev–Trinajstić information content (AvgIpc) is 0.774. The molecule has 0 saturated carbocycles. The van der Waals surface area contributed by atoms with Crippen LogP contribution in [0.5, 0.6) is 23.0 Å². The first-order valence-corrected chi connectivity index (χ1v) is 31.2. The summed E-state index contributed by atoms with van der Waals surface area (Å²) in [6.45, 7) is 32.1. The highest BCUT2D eigenvalue weighted by molar-refractivity contribution is 6.23. The molecule has 100 heavy (non-hydrogen) atoms. The normalized spacial score (nSPS) is 13.4. The molecule has 0 fully saturated rings. The van der Waals surface area contributed by atoms with Gasteiger partial charge < -0.3 is 68.6 Å². The zero-order chi connectivity index (χ0) is 74.4. The van der Waals surface area contributed by atoms with Crippen LogP contribution in [0, 0.1) is 103 Å². The van der Waals surface area contributed by atoms with E-state index in [1.165, 1.54) is 123 Å². The monoisotopic (exact) mass is 1390 g/mol. The molecule has 3 heterocycles. The molecule has 0 unspecified atom stereocenters. The van der Waals surface area contributed by atoms with Gasteiger partial charge >= 0.3 is 11.4 Å². The lowest BCUT2D eigenvalue weighted by Crippen LogP contribution is -2.32. The highest BCUT2D eigenvalue weighted by Crippen LogP contribution is 2.37. The van der Waals surface area contributed by atoms with E-state index in [1.807, 2.05) is 32.1 Å². The van der Waals surface area contributed by atoms with Crippen molar-refractivity contribution >= 4 is 82.1 Å². The summed E-state index contributed by atoms with van der Waals surface area (Å²) in [6.07, 6.45) is 7.43. The fourth-order valence-electron chi connectivity index (χ4n) is 11.1. The molecular formula is C74H92ClN11O14. The summed E-state index contributed by atoms with van der Waals surface area (Å²) in [4.78, 5) is 73.7. The molecule has 26 heteroatoms. The second-order valence-electron chi connectivity index (χ2n) is 23.2. The van der Waals surface area contributed by atoms with Crippen LogP contribution in [0.2, 0.25) is 0 Å². The SMILES string of the molecule is C/C=C1/C(=O)NCc2c(C)c(C)c(C)c(C)c21.C/C=C1/C(=O)NCc2c(C)c(C)c(C)c(C)c21.CO/N=C\c1ccc([N+](=O)[O-])c(O)c1.CON.Cc1c(C)c(C)c2c(c1C)CNC(=O)/C2=C\NCc1ccc(N)c(O)c1.Cl.NCc1ccc(N)c(O)c1.O=Cc1ccc([N+](=O)[O-])c(O)c1. The molecule has 3 aliphatic heterocycles. The largest absolute Gasteiger partial charge is 0.506 e. The lowest BCUT2D eigenvalue weighted by Gasteiger charge is -2.26. The van der Waals surface area contributed by atoms with Crippen molar-refractivity contribution in [2.45, 2.75) is 130 Å². The van der Waals surface area contributed by atoms with Crippen molar-refractivity contribution in [1.29, 1.82) is 0 Å². The molecule has 0 atom stereocenters. The third-order valence-electron chi connectivity index (χ3n) is 17.7. The number of nitro benzene ring substituents is 2. The van der Waals surface area contributed by atoms with Gasteiger partial charge in [-0.3, -0.25) is 39.4 Å². The predicted molar refractivity (Wildman–Crippen MR) is 395 cm³/mol. The number of benzene rings is 7. The Bertz CT molecular complexity index is 4250. The van der Waals surface area contributed by atoms with Gasteiger partial charge in [-0.15, -0.1) is 12.4 Å². The number of amides is 3. The van der Waals surface area contributed by atoms with Crippen LogP contribution in [0.1, 0.15) is 141 Å². The van der Waals surface area contributed by atoms with E-state index >= 15 is 0 Å². The number of nitrogens with one attached hydrogen (secondary N) is 4. The number of phenolic OH excluding ortho intramolecular Hbond substituents is 4. The molecule has 534 valence electrons. The van der Waals surface area contributed by atoms with Crippen molar-refractivity contribution in [1.82, 2.24) is 21.3 Å². The second-order valence-corrected chi connectivity index (χ2v) is 23.2. The Morgan fingerprint density at radius 3 is 1.20 bits per heavy atom. The van der Waals surface area contributed by atoms with Crippen LogP contribution >= 0.6 is 12.4 Å². The predicted octanol–water partition coefficient (Wildman–Crippen LogP) is 11.6. The summed E-state index contributed by atoms with van der Waals surface area (Å²) in [6, 6.07) is 17.4. The first-order valence-electron chi connectivity index (χ1n) is 31.2. The minimum Gasteiger partial charge on any atom is -0.506 e. The second kappa shape index (κ2) is 38.1. The van der Waals surface area contributed by atoms with Gasteiger partial charge in [0, 0.05) is 73.3 Å². The standard InChI is InChI=1S/C21H25N3O2.2C15H19NO.C8H8N2O4.C7H10N2O.C7H5NO4.CH5NO.ClH/c1-11-12(2)14(4)20-16(13(11)3)10-24-21(26)17(20)9-23-8-15-5-6-18(22)19(25)7-15;2*1-6-12-14-11(5)9(3)8(2)10(4)13(14)7-16-15(12)17;1-14-9-5-6-2-3-7(10(12)13)8(11)4-6;8-4-5-1-2-6(9)7(10)3-5;9-4-5-1-2-6(8(11)12)7(10)3-5;1-3-2;/h5-7,9,23,25H,8,10,22H2,1-4H3,(H,24,26);2*6H,7H2,1-5H3,(H,16,17);2-5,11H,1H3;1-3,10H,4,8-9H2;1-4,10H;2H2,1H3;1H/b17-9-;2*12-6+;9-5-;;;;. The molecule has 0 bridgehead atoms. The van der Waals surface area contributed by atoms with Gasteiger partial charge in [0.25, 0.3) is 17.7 Å². The molecule has 3 aliphatic rings. The fourth-order valence-corrected chi connectivity index (χ4v) is 11.1. The number of nitrogen functional groups attached to an aromatic ring is 2. The average molecular weight is 1400 g/mol. The summed E-state index contributed by atoms with van der Waals surface area (Å²) in [5, 5.41) is 73.0. The van der Waals surface area contributed by atoms with Crippen LogP contribution in [0.3, 0.4) is 0 Å². The number of rotatable bonds is 9. The Hall–Kier alpha value is -11.1. The van der Waals surface area contributed by atoms with Crippen LogP contribution in [-0.2, 0) is 56.8 Å². The number of halogens is 1. The van der Waals surface area contributed by atoms with E-state index in [0.29, 0.717) is 61.5 Å². The van der Waals surface area contributed by atoms with E-state index in [-0.39, 0.29) is 52.9 Å². The molecule has 10 rings (SSSR count). The molecule has 0 aliphatic carbocycles. The fraction of sp³-hybridized carbons (Fsp3) is 0.284. The maximum absolute atomic E-state index is 12.5. The first kappa shape index (κ1) is 83.1. The lowest BCUT2D eigenvalue weighted by molar-refractivity contribution is -0.386. The van der Waals surface area contributed by atoms with Gasteiger partial charge in [0.05, 0.1) is 40.1 Å². The number of aldehydes is 1. The van der Waals surface area contributed by atoms with Gasteiger partial charge in [-0.25, -0.2) is 5.90 Å². The maximum atomic E-state index is 12.5. The van der Waals surface area contributed by atoms with E-state index in [9.17, 15) is 49.6 Å². The molecule has 3 amide bonds. The molecular weight excluding hydrogens is 1300 g/mol.